The Labute approximate surface area is 61.9 Å². The molecule has 0 aromatic rings. The van der Waals surface area contributed by atoms with Gasteiger partial charge in [0.2, 0.25) is 0 Å². The van der Waals surface area contributed by atoms with E-state index in [0.717, 1.165) is 0 Å². The van der Waals surface area contributed by atoms with Crippen LogP contribution in [0.2, 0.25) is 0 Å². The average molecular weight is 294 g/mol. The molecule has 0 amide bonds. The van der Waals surface area contributed by atoms with Crippen LogP contribution >= 0.6 is 23.9 Å². The number of hydrogen-bond acceptors (Lipinski definition) is 2. The van der Waals surface area contributed by atoms with E-state index >= 15 is 0 Å². The maximum atomic E-state index is 6.58. The molecule has 0 fully saturated rings. The minimum atomic E-state index is -0.337. The average Bonchev–Trinajstić information content (AvgIpc) is 1.46. The predicted molar refractivity (Wildman–Crippen MR) is 32.3 cm³/mol. The molecule has 0 spiro atoms. The number of halogens is 1. The topological polar surface area (TPSA) is 22.3 Å². The summed E-state index contributed by atoms with van der Waals surface area (Å²) in [5.41, 5.74) is 0. The molecule has 0 aliphatic heterocycles. The SMILES string of the molecule is [N-]=S.[S]=[Y][I]. The molecule has 0 aromatic carbocycles. The van der Waals surface area contributed by atoms with Crippen molar-refractivity contribution in [1.82, 2.24) is 0 Å². The summed E-state index contributed by atoms with van der Waals surface area (Å²) in [7, 11) is 4.57. The van der Waals surface area contributed by atoms with Gasteiger partial charge in [-0.1, -0.05) is 0 Å². The van der Waals surface area contributed by atoms with Gasteiger partial charge in [0.15, 0.2) is 0 Å². The molecule has 0 atom stereocenters. The zero-order valence-electron chi connectivity index (χ0n) is 2.22. The summed E-state index contributed by atoms with van der Waals surface area (Å²) in [5.74, 6) is 0. The van der Waals surface area contributed by atoms with E-state index in [1.807, 2.05) is 0 Å². The molecule has 5 heteroatoms. The summed E-state index contributed by atoms with van der Waals surface area (Å²) >= 11 is 5.04. The molecular formula is INS2Y-. The van der Waals surface area contributed by atoms with Gasteiger partial charge in [0.1, 0.15) is 0 Å². The zero-order valence-corrected chi connectivity index (χ0v) is 8.85. The van der Waals surface area contributed by atoms with Gasteiger partial charge in [0.25, 0.3) is 0 Å². The Bertz CT molecular complexity index is 23.6. The van der Waals surface area contributed by atoms with Crippen LogP contribution in [0.5, 0.6) is 0 Å². The van der Waals surface area contributed by atoms with Gasteiger partial charge in [-0.3, -0.25) is 12.4 Å². The molecule has 0 bridgehead atoms. The molecule has 28 valence electrons. The minimum absolute atomic E-state index is 0.337. The second-order valence-corrected chi connectivity index (χ2v) is 10.6. The van der Waals surface area contributed by atoms with E-state index in [1.54, 1.807) is 0 Å². The Kier molecular flexibility index (Phi) is 33.6. The molecule has 0 aliphatic rings. The summed E-state index contributed by atoms with van der Waals surface area (Å²) in [5, 5.41) is 0. The van der Waals surface area contributed by atoms with Crippen molar-refractivity contribution in [3.63, 3.8) is 0 Å². The predicted octanol–water partition coefficient (Wildman–Crippen LogP) is 1.82. The van der Waals surface area contributed by atoms with Crippen molar-refractivity contribution in [3.8, 4) is 0 Å². The summed E-state index contributed by atoms with van der Waals surface area (Å²) < 4.78 is 6.58. The van der Waals surface area contributed by atoms with E-state index in [9.17, 15) is 0 Å². The third-order valence-electron chi connectivity index (χ3n) is 0. The monoisotopic (exact) mass is 294 g/mol. The van der Waals surface area contributed by atoms with E-state index in [4.69, 9.17) is 4.78 Å². The summed E-state index contributed by atoms with van der Waals surface area (Å²) in [4.78, 5) is 0. The first-order valence-corrected chi connectivity index (χ1v) is 13.4. The second-order valence-electron chi connectivity index (χ2n) is 0.0891. The van der Waals surface area contributed by atoms with Gasteiger partial charge in [0.05, 0.1) is 0 Å². The Morgan fingerprint density at radius 1 is 1.60 bits per heavy atom. The first kappa shape index (κ1) is 10.1. The Hall–Kier alpha value is 2.07. The third-order valence-corrected chi connectivity index (χ3v) is 0. The van der Waals surface area contributed by atoms with Crippen LogP contribution in [-0.4, -0.2) is 0 Å². The van der Waals surface area contributed by atoms with E-state index in [1.165, 1.54) is 0 Å². The molecule has 0 aliphatic carbocycles. The first-order valence-electron chi connectivity index (χ1n) is 0.636. The molecule has 0 radical (unpaired) electrons. The molecule has 0 saturated carbocycles. The Morgan fingerprint density at radius 3 is 1.60 bits per heavy atom. The number of nitrogens with zero attached hydrogens (tertiary/aromatic N) is 1. The van der Waals surface area contributed by atoms with Gasteiger partial charge >= 0.3 is 46.1 Å². The maximum absolute atomic E-state index is 6.58. The summed E-state index contributed by atoms with van der Waals surface area (Å²) in [6.07, 6.45) is 0. The normalized spacial score (nSPS) is 2.60. The molecule has 0 saturated heterocycles. The molecular weight excluding hydrogens is 294 g/mol. The first-order chi connectivity index (χ1) is 2.41. The van der Waals surface area contributed by atoms with Gasteiger partial charge in [-0.15, -0.1) is 0 Å². The van der Waals surface area contributed by atoms with Crippen LogP contribution in [0.3, 0.4) is 0 Å². The van der Waals surface area contributed by atoms with Gasteiger partial charge < -0.3 is 4.78 Å². The van der Waals surface area contributed by atoms with Crippen LogP contribution in [0.4, 0.5) is 0 Å². The van der Waals surface area contributed by atoms with Crippen LogP contribution in [0.1, 0.15) is 0 Å². The van der Waals surface area contributed by atoms with Crippen LogP contribution in [0.25, 0.3) is 4.78 Å². The third kappa shape index (κ3) is 23.4. The van der Waals surface area contributed by atoms with Crippen LogP contribution < -0.4 is 0 Å². The standard InChI is InChI=1S/HI.NS.S.Y/c;1-2;;/h1H;;;/q;-1;;+1/p-1. The molecule has 0 aromatic heterocycles. The fourth-order valence-corrected chi connectivity index (χ4v) is 0. The Balaban J connectivity index is 0. The second kappa shape index (κ2) is 16.5. The van der Waals surface area contributed by atoms with Gasteiger partial charge in [0, 0.05) is 0 Å². The molecule has 0 unspecified atom stereocenters. The number of rotatable bonds is 0. The van der Waals surface area contributed by atoms with E-state index in [0.29, 0.717) is 0 Å². The van der Waals surface area contributed by atoms with Crippen molar-refractivity contribution in [2.75, 3.05) is 0 Å². The summed E-state index contributed by atoms with van der Waals surface area (Å²) in [6.45, 7) is 0. The van der Waals surface area contributed by atoms with Crippen LogP contribution in [0, 0.1) is 0 Å². The van der Waals surface area contributed by atoms with Crippen molar-refractivity contribution >= 4 is 36.4 Å². The zero-order chi connectivity index (χ0) is 4.71. The van der Waals surface area contributed by atoms with Crippen LogP contribution in [-0.2, 0) is 34.6 Å². The molecule has 1 nitrogen and oxygen atoms in total. The van der Waals surface area contributed by atoms with Crippen molar-refractivity contribution in [2.45, 2.75) is 0 Å². The fraction of sp³-hybridized carbons (Fsp3) is 0. The molecule has 5 heavy (non-hydrogen) atoms. The van der Waals surface area contributed by atoms with Gasteiger partial charge in [-0.2, -0.15) is 0 Å². The molecule has 0 rings (SSSR count). The van der Waals surface area contributed by atoms with E-state index in [-0.39, 0.29) is 22.1 Å². The van der Waals surface area contributed by atoms with Crippen molar-refractivity contribution in [1.29, 1.82) is 0 Å². The van der Waals surface area contributed by atoms with Gasteiger partial charge in [-0.05, 0) is 0 Å². The molecule has 0 heterocycles. The quantitative estimate of drug-likeness (QED) is 0.636. The number of hydrogen-bond donors (Lipinski definition) is 0. The molecule has 0 N–H and O–H groups in total. The van der Waals surface area contributed by atoms with Crippen molar-refractivity contribution in [3.05, 3.63) is 4.78 Å². The van der Waals surface area contributed by atoms with Crippen LogP contribution in [0.15, 0.2) is 0 Å². The Morgan fingerprint density at radius 2 is 1.60 bits per heavy atom. The van der Waals surface area contributed by atoms with E-state index in [2.05, 4.69) is 36.4 Å². The van der Waals surface area contributed by atoms with Crippen molar-refractivity contribution in [2.24, 2.45) is 0 Å². The fourth-order valence-electron chi connectivity index (χ4n) is 0. The van der Waals surface area contributed by atoms with E-state index < -0.39 is 0 Å². The van der Waals surface area contributed by atoms with Gasteiger partial charge in [-0.25, -0.2) is 0 Å². The summed E-state index contributed by atoms with van der Waals surface area (Å²) in [6, 6.07) is 0. The van der Waals surface area contributed by atoms with Crippen molar-refractivity contribution < 1.29 is 22.1 Å².